The molecule has 9 heteroatoms. The highest BCUT2D eigenvalue weighted by Gasteiger charge is 2.20. The van der Waals surface area contributed by atoms with E-state index in [0.29, 0.717) is 0 Å². The lowest BCUT2D eigenvalue weighted by Gasteiger charge is -2.06. The number of nitro benzene ring substituents is 1. The Morgan fingerprint density at radius 1 is 1.40 bits per heavy atom. The van der Waals surface area contributed by atoms with Gasteiger partial charge in [0, 0.05) is 6.07 Å². The Morgan fingerprint density at radius 3 is 2.80 bits per heavy atom. The molecule has 0 aliphatic carbocycles. The van der Waals surface area contributed by atoms with Gasteiger partial charge in [0.25, 0.3) is 0 Å². The van der Waals surface area contributed by atoms with Crippen molar-refractivity contribution in [1.29, 1.82) is 0 Å². The topological polar surface area (TPSA) is 115 Å². The third kappa shape index (κ3) is 2.81. The molecular formula is C11H6ClN3O5. The van der Waals surface area contributed by atoms with E-state index in [1.54, 1.807) is 0 Å². The zero-order valence-corrected chi connectivity index (χ0v) is 10.4. The molecule has 0 radical (unpaired) electrons. The summed E-state index contributed by atoms with van der Waals surface area (Å²) < 4.78 is 5.18. The smallest absolute Gasteiger partial charge is 0.356 e. The Bertz CT molecular complexity index is 692. The number of benzene rings is 1. The molecule has 0 aliphatic heterocycles. The number of aromatic carboxylic acids is 1. The Balaban J connectivity index is 2.42. The fraction of sp³-hybridized carbons (Fsp3) is 0. The highest BCUT2D eigenvalue weighted by Crippen LogP contribution is 2.36. The van der Waals surface area contributed by atoms with E-state index in [1.807, 2.05) is 0 Å². The zero-order chi connectivity index (χ0) is 14.7. The number of carboxylic acid groups (broad SMARTS) is 1. The molecule has 102 valence electrons. The zero-order valence-electron chi connectivity index (χ0n) is 9.69. The summed E-state index contributed by atoms with van der Waals surface area (Å²) in [7, 11) is 0. The molecule has 0 fully saturated rings. The van der Waals surface area contributed by atoms with Gasteiger partial charge >= 0.3 is 11.7 Å². The van der Waals surface area contributed by atoms with Crippen molar-refractivity contribution in [3.05, 3.63) is 51.4 Å². The van der Waals surface area contributed by atoms with Gasteiger partial charge in [0.15, 0.2) is 5.69 Å². The number of nitrogens with zero attached hydrogens (tertiary/aromatic N) is 3. The van der Waals surface area contributed by atoms with Gasteiger partial charge in [-0.15, -0.1) is 0 Å². The molecule has 0 saturated carbocycles. The normalized spacial score (nSPS) is 10.1. The van der Waals surface area contributed by atoms with Crippen molar-refractivity contribution < 1.29 is 19.6 Å². The maximum Gasteiger partial charge on any atom is 0.356 e. The lowest BCUT2D eigenvalue weighted by molar-refractivity contribution is -0.385. The summed E-state index contributed by atoms with van der Waals surface area (Å²) in [5.41, 5.74) is -0.711. The SMILES string of the molecule is O=C(O)c1cncc(Oc2c(Cl)cccc2[N+](=O)[O-])n1. The first-order valence-corrected chi connectivity index (χ1v) is 5.53. The van der Waals surface area contributed by atoms with Crippen molar-refractivity contribution >= 4 is 23.3 Å². The second-order valence-electron chi connectivity index (χ2n) is 3.49. The van der Waals surface area contributed by atoms with Crippen LogP contribution < -0.4 is 4.74 Å². The minimum atomic E-state index is -1.29. The van der Waals surface area contributed by atoms with E-state index in [9.17, 15) is 14.9 Å². The van der Waals surface area contributed by atoms with Crippen LogP contribution in [0.25, 0.3) is 0 Å². The quantitative estimate of drug-likeness (QED) is 0.680. The molecule has 0 amide bonds. The molecular weight excluding hydrogens is 290 g/mol. The number of para-hydroxylation sites is 1. The molecule has 1 aromatic heterocycles. The predicted octanol–water partition coefficient (Wildman–Crippen LogP) is 2.53. The van der Waals surface area contributed by atoms with Gasteiger partial charge < -0.3 is 9.84 Å². The molecule has 1 heterocycles. The molecule has 2 rings (SSSR count). The van der Waals surface area contributed by atoms with E-state index in [2.05, 4.69) is 9.97 Å². The van der Waals surface area contributed by atoms with Crippen molar-refractivity contribution in [2.75, 3.05) is 0 Å². The summed E-state index contributed by atoms with van der Waals surface area (Å²) in [5.74, 6) is -1.73. The van der Waals surface area contributed by atoms with Gasteiger partial charge in [-0.3, -0.25) is 15.1 Å². The number of hydrogen-bond donors (Lipinski definition) is 1. The van der Waals surface area contributed by atoms with Crippen LogP contribution in [-0.4, -0.2) is 26.0 Å². The number of halogens is 1. The van der Waals surface area contributed by atoms with Gasteiger partial charge in [0.1, 0.15) is 0 Å². The van der Waals surface area contributed by atoms with Gasteiger partial charge in [0.05, 0.1) is 22.3 Å². The molecule has 0 aliphatic rings. The Kier molecular flexibility index (Phi) is 3.76. The Hall–Kier alpha value is -2.74. The molecule has 2 aromatic rings. The summed E-state index contributed by atoms with van der Waals surface area (Å²) in [6, 6.07) is 4.00. The highest BCUT2D eigenvalue weighted by atomic mass is 35.5. The van der Waals surface area contributed by atoms with Gasteiger partial charge in [-0.1, -0.05) is 17.7 Å². The third-order valence-corrected chi connectivity index (χ3v) is 2.48. The van der Waals surface area contributed by atoms with Crippen molar-refractivity contribution in [3.8, 4) is 11.6 Å². The molecule has 1 aromatic carbocycles. The molecule has 0 saturated heterocycles. The number of carbonyl (C=O) groups is 1. The third-order valence-electron chi connectivity index (χ3n) is 2.18. The number of hydrogen-bond acceptors (Lipinski definition) is 6. The van der Waals surface area contributed by atoms with Crippen LogP contribution in [-0.2, 0) is 0 Å². The van der Waals surface area contributed by atoms with Crippen LogP contribution in [0.2, 0.25) is 5.02 Å². The minimum Gasteiger partial charge on any atom is -0.476 e. The molecule has 8 nitrogen and oxygen atoms in total. The standard InChI is InChI=1S/C11H6ClN3O5/c12-6-2-1-3-8(15(18)19)10(6)20-9-5-13-4-7(14-9)11(16)17/h1-5H,(H,16,17). The van der Waals surface area contributed by atoms with E-state index < -0.39 is 10.9 Å². The number of aromatic nitrogens is 2. The van der Waals surface area contributed by atoms with Crippen molar-refractivity contribution in [3.63, 3.8) is 0 Å². The largest absolute Gasteiger partial charge is 0.476 e. The van der Waals surface area contributed by atoms with Crippen molar-refractivity contribution in [2.24, 2.45) is 0 Å². The van der Waals surface area contributed by atoms with Crippen LogP contribution in [0, 0.1) is 10.1 Å². The van der Waals surface area contributed by atoms with E-state index in [-0.39, 0.29) is 28.0 Å². The molecule has 0 spiro atoms. The maximum absolute atomic E-state index is 10.9. The van der Waals surface area contributed by atoms with E-state index in [0.717, 1.165) is 12.4 Å². The fourth-order valence-electron chi connectivity index (χ4n) is 1.35. The average molecular weight is 296 g/mol. The van der Waals surface area contributed by atoms with Crippen LogP contribution in [0.15, 0.2) is 30.6 Å². The maximum atomic E-state index is 10.9. The molecule has 0 unspecified atom stereocenters. The first-order valence-electron chi connectivity index (χ1n) is 5.15. The summed E-state index contributed by atoms with van der Waals surface area (Å²) in [6.07, 6.45) is 2.15. The van der Waals surface area contributed by atoms with Crippen molar-refractivity contribution in [2.45, 2.75) is 0 Å². The number of nitro groups is 1. The number of rotatable bonds is 4. The van der Waals surface area contributed by atoms with Gasteiger partial charge in [-0.2, -0.15) is 0 Å². The summed E-state index contributed by atoms with van der Waals surface area (Å²) in [5, 5.41) is 19.7. The van der Waals surface area contributed by atoms with Crippen LogP contribution in [0.1, 0.15) is 10.5 Å². The van der Waals surface area contributed by atoms with Gasteiger partial charge in [0.2, 0.25) is 11.6 Å². The molecule has 0 atom stereocenters. The van der Waals surface area contributed by atoms with E-state index in [1.165, 1.54) is 18.2 Å². The minimum absolute atomic E-state index is 0.00160. The monoisotopic (exact) mass is 295 g/mol. The average Bonchev–Trinajstić information content (AvgIpc) is 2.41. The fourth-order valence-corrected chi connectivity index (χ4v) is 1.56. The summed E-state index contributed by atoms with van der Waals surface area (Å²) >= 11 is 5.83. The Labute approximate surface area is 116 Å². The molecule has 1 N–H and O–H groups in total. The Morgan fingerprint density at radius 2 is 2.15 bits per heavy atom. The number of carboxylic acids is 1. The van der Waals surface area contributed by atoms with E-state index in [4.69, 9.17) is 21.4 Å². The number of ether oxygens (including phenoxy) is 1. The van der Waals surface area contributed by atoms with Gasteiger partial charge in [-0.25, -0.2) is 9.78 Å². The highest BCUT2D eigenvalue weighted by molar-refractivity contribution is 6.32. The first-order chi connectivity index (χ1) is 9.49. The predicted molar refractivity (Wildman–Crippen MR) is 67.2 cm³/mol. The van der Waals surface area contributed by atoms with Gasteiger partial charge in [-0.05, 0) is 6.07 Å². The second-order valence-corrected chi connectivity index (χ2v) is 3.90. The second kappa shape index (κ2) is 5.49. The first kappa shape index (κ1) is 13.7. The lowest BCUT2D eigenvalue weighted by atomic mass is 10.3. The van der Waals surface area contributed by atoms with Crippen LogP contribution in [0.3, 0.4) is 0 Å². The molecule has 0 bridgehead atoms. The van der Waals surface area contributed by atoms with Crippen molar-refractivity contribution in [1.82, 2.24) is 9.97 Å². The summed E-state index contributed by atoms with van der Waals surface area (Å²) in [4.78, 5) is 28.2. The summed E-state index contributed by atoms with van der Waals surface area (Å²) in [6.45, 7) is 0. The van der Waals surface area contributed by atoms with Crippen LogP contribution >= 0.6 is 11.6 Å². The molecule has 20 heavy (non-hydrogen) atoms. The van der Waals surface area contributed by atoms with Crippen LogP contribution in [0.4, 0.5) is 5.69 Å². The lowest BCUT2D eigenvalue weighted by Crippen LogP contribution is -2.03. The van der Waals surface area contributed by atoms with E-state index >= 15 is 0 Å². The van der Waals surface area contributed by atoms with Crippen LogP contribution in [0.5, 0.6) is 11.6 Å².